The Labute approximate surface area is 196 Å². The van der Waals surface area contributed by atoms with Crippen LogP contribution in [0, 0.1) is 5.92 Å². The summed E-state index contributed by atoms with van der Waals surface area (Å²) in [6.45, 7) is 5.01. The second-order valence-electron chi connectivity index (χ2n) is 9.20. The molecule has 0 saturated heterocycles. The second-order valence-corrected chi connectivity index (χ2v) is 11.1. The fraction of sp³-hybridized carbons (Fsp3) is 0.385. The Morgan fingerprint density at radius 1 is 1.03 bits per heavy atom. The average Bonchev–Trinajstić information content (AvgIpc) is 3.54. The van der Waals surface area contributed by atoms with E-state index in [4.69, 9.17) is 0 Å². The molecule has 0 bridgehead atoms. The first-order chi connectivity index (χ1) is 15.8. The molecule has 1 aliphatic rings. The normalized spacial score (nSPS) is 13.9. The summed E-state index contributed by atoms with van der Waals surface area (Å²) in [6, 6.07) is 19.1. The number of carbonyl (C=O) groups is 1. The van der Waals surface area contributed by atoms with Gasteiger partial charge >= 0.3 is 0 Å². The lowest BCUT2D eigenvalue weighted by atomic mass is 10.1. The molecule has 0 radical (unpaired) electrons. The summed E-state index contributed by atoms with van der Waals surface area (Å²) in [7, 11) is -3.63. The molecule has 0 N–H and O–H groups in total. The fourth-order valence-electron chi connectivity index (χ4n) is 4.04. The van der Waals surface area contributed by atoms with E-state index >= 15 is 0 Å². The Kier molecular flexibility index (Phi) is 6.98. The van der Waals surface area contributed by atoms with Gasteiger partial charge in [-0.25, -0.2) is 13.4 Å². The van der Waals surface area contributed by atoms with Crippen LogP contribution in [0.4, 0.5) is 0 Å². The number of aromatic nitrogens is 2. The molecule has 1 amide bonds. The number of amides is 1. The van der Waals surface area contributed by atoms with Crippen LogP contribution in [0.15, 0.2) is 72.0 Å². The molecule has 1 fully saturated rings. The van der Waals surface area contributed by atoms with Crippen molar-refractivity contribution in [2.45, 2.75) is 63.2 Å². The van der Waals surface area contributed by atoms with Crippen LogP contribution in [0.5, 0.6) is 0 Å². The lowest BCUT2D eigenvalue weighted by Gasteiger charge is -2.24. The highest BCUT2D eigenvalue weighted by molar-refractivity contribution is 7.90. The van der Waals surface area contributed by atoms with Crippen LogP contribution in [0.2, 0.25) is 0 Å². The molecule has 1 heterocycles. The summed E-state index contributed by atoms with van der Waals surface area (Å²) < 4.78 is 28.3. The third-order valence-electron chi connectivity index (χ3n) is 5.77. The average molecular weight is 466 g/mol. The van der Waals surface area contributed by atoms with Gasteiger partial charge in [-0.15, -0.1) is 0 Å². The monoisotopic (exact) mass is 465 g/mol. The Balaban J connectivity index is 1.60. The molecule has 33 heavy (non-hydrogen) atoms. The van der Waals surface area contributed by atoms with Crippen molar-refractivity contribution in [3.05, 3.63) is 83.7 Å². The molecule has 3 aromatic rings. The van der Waals surface area contributed by atoms with Crippen molar-refractivity contribution in [3.8, 4) is 0 Å². The summed E-state index contributed by atoms with van der Waals surface area (Å²) in [5.41, 5.74) is 2.48. The molecule has 0 spiro atoms. The molecular formula is C26H31N3O3S. The molecule has 4 rings (SSSR count). The van der Waals surface area contributed by atoms with Gasteiger partial charge in [-0.3, -0.25) is 4.79 Å². The topological polar surface area (TPSA) is 72.3 Å². The maximum Gasteiger partial charge on any atom is 0.228 e. The Hall–Kier alpha value is -2.93. The molecule has 6 nitrogen and oxygen atoms in total. The van der Waals surface area contributed by atoms with E-state index in [0.717, 1.165) is 29.7 Å². The summed E-state index contributed by atoms with van der Waals surface area (Å²) in [5, 5.41) is 0.0845. The molecule has 1 saturated carbocycles. The van der Waals surface area contributed by atoms with Crippen molar-refractivity contribution in [1.82, 2.24) is 14.5 Å². The highest BCUT2D eigenvalue weighted by Gasteiger charge is 2.34. The third-order valence-corrected chi connectivity index (χ3v) is 7.36. The lowest BCUT2D eigenvalue weighted by Crippen LogP contribution is -2.34. The zero-order valence-corrected chi connectivity index (χ0v) is 20.0. The van der Waals surface area contributed by atoms with Crippen molar-refractivity contribution < 1.29 is 13.2 Å². The van der Waals surface area contributed by atoms with E-state index in [0.29, 0.717) is 19.5 Å². The SMILES string of the molecule is CC(C)Cn1c(CN(C(=O)Cc2ccccc2)C2CC2)cnc1S(=O)(=O)Cc1ccccc1. The van der Waals surface area contributed by atoms with Crippen molar-refractivity contribution >= 4 is 15.7 Å². The Bertz CT molecular complexity index is 1180. The van der Waals surface area contributed by atoms with Crippen LogP contribution < -0.4 is 0 Å². The predicted octanol–water partition coefficient (Wildman–Crippen LogP) is 4.25. The number of rotatable bonds is 10. The number of benzene rings is 2. The van der Waals surface area contributed by atoms with E-state index < -0.39 is 9.84 Å². The number of hydrogen-bond donors (Lipinski definition) is 0. The van der Waals surface area contributed by atoms with Gasteiger partial charge < -0.3 is 9.47 Å². The summed E-state index contributed by atoms with van der Waals surface area (Å²) in [6.07, 6.45) is 3.94. The summed E-state index contributed by atoms with van der Waals surface area (Å²) >= 11 is 0. The zero-order chi connectivity index (χ0) is 23.4. The van der Waals surface area contributed by atoms with Crippen LogP contribution in [0.1, 0.15) is 43.5 Å². The second kappa shape index (κ2) is 9.91. The third kappa shape index (κ3) is 5.90. The van der Waals surface area contributed by atoms with Crippen molar-refractivity contribution in [3.63, 3.8) is 0 Å². The van der Waals surface area contributed by atoms with Gasteiger partial charge in [0.1, 0.15) is 0 Å². The van der Waals surface area contributed by atoms with Crippen LogP contribution in [0.25, 0.3) is 0 Å². The smallest absolute Gasteiger partial charge is 0.228 e. The minimum absolute atomic E-state index is 0.0645. The van der Waals surface area contributed by atoms with E-state index in [1.54, 1.807) is 10.8 Å². The van der Waals surface area contributed by atoms with Crippen LogP contribution in [-0.4, -0.2) is 34.8 Å². The predicted molar refractivity (Wildman–Crippen MR) is 128 cm³/mol. The first kappa shape index (κ1) is 23.2. The van der Waals surface area contributed by atoms with E-state index in [2.05, 4.69) is 18.8 Å². The van der Waals surface area contributed by atoms with Gasteiger partial charge in [0.25, 0.3) is 0 Å². The molecule has 0 unspecified atom stereocenters. The Morgan fingerprint density at radius 2 is 1.64 bits per heavy atom. The number of hydrogen-bond acceptors (Lipinski definition) is 4. The molecular weight excluding hydrogens is 434 g/mol. The van der Waals surface area contributed by atoms with Crippen molar-refractivity contribution in [2.24, 2.45) is 5.92 Å². The summed E-state index contributed by atoms with van der Waals surface area (Å²) in [4.78, 5) is 19.4. The summed E-state index contributed by atoms with van der Waals surface area (Å²) in [5.74, 6) is 0.203. The van der Waals surface area contributed by atoms with E-state index in [-0.39, 0.29) is 28.8 Å². The standard InChI is InChI=1S/C26H31N3O3S/c1-20(2)17-29-24(16-27-26(29)33(31,32)19-22-11-7-4-8-12-22)18-28(23-13-14-23)25(30)15-21-9-5-3-6-10-21/h3-12,16,20,23H,13-15,17-19H2,1-2H3. The van der Waals surface area contributed by atoms with E-state index in [1.165, 1.54) is 0 Å². The van der Waals surface area contributed by atoms with Crippen LogP contribution >= 0.6 is 0 Å². The minimum atomic E-state index is -3.63. The highest BCUT2D eigenvalue weighted by Crippen LogP contribution is 2.30. The van der Waals surface area contributed by atoms with Gasteiger partial charge in [-0.2, -0.15) is 0 Å². The minimum Gasteiger partial charge on any atom is -0.334 e. The number of imidazole rings is 1. The number of nitrogens with zero attached hydrogens (tertiary/aromatic N) is 3. The van der Waals surface area contributed by atoms with Crippen molar-refractivity contribution in [2.75, 3.05) is 0 Å². The van der Waals surface area contributed by atoms with Gasteiger partial charge in [-0.05, 0) is 29.9 Å². The van der Waals surface area contributed by atoms with Gasteiger partial charge in [0.2, 0.25) is 20.9 Å². The quantitative estimate of drug-likeness (QED) is 0.449. The molecule has 1 aromatic heterocycles. The number of sulfone groups is 1. The van der Waals surface area contributed by atoms with Crippen LogP contribution in [0.3, 0.4) is 0 Å². The zero-order valence-electron chi connectivity index (χ0n) is 19.2. The first-order valence-electron chi connectivity index (χ1n) is 11.5. The molecule has 2 aromatic carbocycles. The van der Waals surface area contributed by atoms with Gasteiger partial charge in [-0.1, -0.05) is 74.5 Å². The molecule has 0 atom stereocenters. The largest absolute Gasteiger partial charge is 0.334 e. The lowest BCUT2D eigenvalue weighted by molar-refractivity contribution is -0.131. The van der Waals surface area contributed by atoms with Crippen LogP contribution in [-0.2, 0) is 39.9 Å². The maximum atomic E-state index is 13.3. The van der Waals surface area contributed by atoms with E-state index in [1.807, 2.05) is 65.6 Å². The Morgan fingerprint density at radius 3 is 2.21 bits per heavy atom. The van der Waals surface area contributed by atoms with Gasteiger partial charge in [0, 0.05) is 12.6 Å². The molecule has 7 heteroatoms. The van der Waals surface area contributed by atoms with Gasteiger partial charge in [0.05, 0.1) is 30.6 Å². The molecule has 174 valence electrons. The fourth-order valence-corrected chi connectivity index (χ4v) is 5.54. The maximum absolute atomic E-state index is 13.3. The first-order valence-corrected chi connectivity index (χ1v) is 13.1. The van der Waals surface area contributed by atoms with Crippen molar-refractivity contribution in [1.29, 1.82) is 0 Å². The highest BCUT2D eigenvalue weighted by atomic mass is 32.2. The number of carbonyl (C=O) groups excluding carboxylic acids is 1. The van der Waals surface area contributed by atoms with Gasteiger partial charge in [0.15, 0.2) is 0 Å². The molecule has 1 aliphatic carbocycles. The van der Waals surface area contributed by atoms with E-state index in [9.17, 15) is 13.2 Å². The molecule has 0 aliphatic heterocycles.